The normalized spacial score (nSPS) is 18.3. The third kappa shape index (κ3) is 3.24. The zero-order chi connectivity index (χ0) is 17.1. The minimum absolute atomic E-state index is 0.00385. The number of nitrogens with zero attached hydrogens (tertiary/aromatic N) is 2. The monoisotopic (exact) mass is 361 g/mol. The van der Waals surface area contributed by atoms with E-state index in [0.717, 1.165) is 9.78 Å². The van der Waals surface area contributed by atoms with Crippen LogP contribution in [-0.4, -0.2) is 23.1 Å². The van der Waals surface area contributed by atoms with Crippen LogP contribution in [0.3, 0.4) is 0 Å². The van der Waals surface area contributed by atoms with Gasteiger partial charge in [0.05, 0.1) is 12.2 Å². The fourth-order valence-corrected chi connectivity index (χ4v) is 3.16. The fraction of sp³-hybridized carbons (Fsp3) is 0.125. The number of amides is 2. The van der Waals surface area contributed by atoms with E-state index in [1.54, 1.807) is 6.07 Å². The molecule has 2 amide bonds. The van der Waals surface area contributed by atoms with Gasteiger partial charge in [-0.15, -0.1) is 11.3 Å². The number of hydrogen-bond acceptors (Lipinski definition) is 5. The van der Waals surface area contributed by atoms with Crippen molar-refractivity contribution in [1.29, 1.82) is 0 Å². The summed E-state index contributed by atoms with van der Waals surface area (Å²) in [6.45, 7) is 0.374. The van der Waals surface area contributed by atoms with Crippen molar-refractivity contribution >= 4 is 52.4 Å². The Balaban J connectivity index is 1.83. The summed E-state index contributed by atoms with van der Waals surface area (Å²) in [5, 5.41) is 4.20. The van der Waals surface area contributed by atoms with Gasteiger partial charge in [-0.1, -0.05) is 18.2 Å². The number of aliphatic imine (C=N–C) groups is 1. The number of halogens is 1. The summed E-state index contributed by atoms with van der Waals surface area (Å²) in [6, 6.07) is 9.55. The van der Waals surface area contributed by atoms with Crippen molar-refractivity contribution in [3.05, 3.63) is 52.5 Å². The van der Waals surface area contributed by atoms with Crippen molar-refractivity contribution in [2.45, 2.75) is 6.54 Å². The number of carbonyl (C=O) groups excluding carboxylic acids is 2. The quantitative estimate of drug-likeness (QED) is 0.517. The lowest BCUT2D eigenvalue weighted by Gasteiger charge is -2.31. The number of anilines is 1. The van der Waals surface area contributed by atoms with Gasteiger partial charge in [-0.05, 0) is 35.8 Å². The second-order valence-electron chi connectivity index (χ2n) is 4.97. The van der Waals surface area contributed by atoms with Crippen LogP contribution in [0.15, 0.2) is 46.8 Å². The van der Waals surface area contributed by atoms with Crippen molar-refractivity contribution in [3.63, 3.8) is 0 Å². The Morgan fingerprint density at radius 2 is 2.08 bits per heavy atom. The Labute approximate surface area is 146 Å². The summed E-state index contributed by atoms with van der Waals surface area (Å²) >= 11 is 6.55. The standard InChI is InChI=1S/C16H12FN3O2S2/c17-12-5-1-2-6-13(12)20-15(22)11(14(21)19-16(20)23)9-18-8-10-4-3-7-24-10/h1-7,9,11H,8H2,(H,19,21,23)/t11-/m1/s1. The van der Waals surface area contributed by atoms with E-state index < -0.39 is 23.5 Å². The van der Waals surface area contributed by atoms with Crippen molar-refractivity contribution in [1.82, 2.24) is 5.32 Å². The van der Waals surface area contributed by atoms with Crippen LogP contribution in [0.2, 0.25) is 0 Å². The van der Waals surface area contributed by atoms with Crippen molar-refractivity contribution in [3.8, 4) is 0 Å². The highest BCUT2D eigenvalue weighted by atomic mass is 32.1. The van der Waals surface area contributed by atoms with Gasteiger partial charge in [0.2, 0.25) is 5.91 Å². The van der Waals surface area contributed by atoms with Gasteiger partial charge in [0, 0.05) is 11.1 Å². The summed E-state index contributed by atoms with van der Waals surface area (Å²) in [5.41, 5.74) is 0.00385. The largest absolute Gasteiger partial charge is 0.301 e. The SMILES string of the molecule is O=C1NC(=S)N(c2ccccc2F)C(=O)[C@@H]1C=NCc1cccs1. The molecule has 2 aromatic rings. The number of thiophene rings is 1. The first kappa shape index (κ1) is 16.4. The zero-order valence-electron chi connectivity index (χ0n) is 12.3. The van der Waals surface area contributed by atoms with Gasteiger partial charge in [-0.3, -0.25) is 19.5 Å². The van der Waals surface area contributed by atoms with Crippen LogP contribution in [0.5, 0.6) is 0 Å². The lowest BCUT2D eigenvalue weighted by Crippen LogP contribution is -2.58. The highest BCUT2D eigenvalue weighted by molar-refractivity contribution is 7.80. The van der Waals surface area contributed by atoms with E-state index in [9.17, 15) is 14.0 Å². The average molecular weight is 361 g/mol. The minimum atomic E-state index is -1.14. The van der Waals surface area contributed by atoms with Crippen LogP contribution in [0, 0.1) is 11.7 Å². The molecule has 0 saturated carbocycles. The number of para-hydroxylation sites is 1. The third-order valence-electron chi connectivity index (χ3n) is 3.38. The molecule has 8 heteroatoms. The van der Waals surface area contributed by atoms with Gasteiger partial charge >= 0.3 is 0 Å². The molecule has 1 aromatic carbocycles. The first-order valence-corrected chi connectivity index (χ1v) is 8.32. The molecule has 1 aromatic heterocycles. The predicted molar refractivity (Wildman–Crippen MR) is 94.6 cm³/mol. The fourth-order valence-electron chi connectivity index (χ4n) is 2.23. The third-order valence-corrected chi connectivity index (χ3v) is 4.52. The van der Waals surface area contributed by atoms with Crippen LogP contribution in [0.1, 0.15) is 4.88 Å². The maximum atomic E-state index is 14.0. The van der Waals surface area contributed by atoms with Crippen molar-refractivity contribution in [2.75, 3.05) is 4.90 Å². The molecule has 5 nitrogen and oxygen atoms in total. The first-order chi connectivity index (χ1) is 11.6. The topological polar surface area (TPSA) is 61.8 Å². The summed E-state index contributed by atoms with van der Waals surface area (Å²) in [7, 11) is 0. The number of carbonyl (C=O) groups is 2. The van der Waals surface area contributed by atoms with Crippen LogP contribution < -0.4 is 10.2 Å². The highest BCUT2D eigenvalue weighted by Crippen LogP contribution is 2.23. The van der Waals surface area contributed by atoms with E-state index >= 15 is 0 Å². The molecule has 1 aliphatic heterocycles. The molecule has 0 aliphatic carbocycles. The number of benzene rings is 1. The molecule has 0 unspecified atom stereocenters. The number of thiocarbonyl (C=S) groups is 1. The lowest BCUT2D eigenvalue weighted by molar-refractivity contribution is -0.130. The molecule has 3 rings (SSSR count). The van der Waals surface area contributed by atoms with E-state index in [1.807, 2.05) is 17.5 Å². The number of rotatable bonds is 4. The smallest absolute Gasteiger partial charge is 0.251 e. The molecule has 0 radical (unpaired) electrons. The van der Waals surface area contributed by atoms with Crippen molar-refractivity contribution < 1.29 is 14.0 Å². The summed E-state index contributed by atoms with van der Waals surface area (Å²) in [5.74, 6) is -2.92. The molecule has 1 saturated heterocycles. The Morgan fingerprint density at radius 1 is 1.29 bits per heavy atom. The van der Waals surface area contributed by atoms with Crippen LogP contribution in [0.25, 0.3) is 0 Å². The molecule has 1 fully saturated rings. The Kier molecular flexibility index (Phi) is 4.77. The zero-order valence-corrected chi connectivity index (χ0v) is 13.9. The minimum Gasteiger partial charge on any atom is -0.301 e. The van der Waals surface area contributed by atoms with Gasteiger partial charge in [0.15, 0.2) is 11.0 Å². The second kappa shape index (κ2) is 6.98. The molecule has 1 atom stereocenters. The molecule has 0 bridgehead atoms. The van der Waals surface area contributed by atoms with E-state index in [2.05, 4.69) is 10.3 Å². The van der Waals surface area contributed by atoms with Crippen LogP contribution in [-0.2, 0) is 16.1 Å². The Morgan fingerprint density at radius 3 is 2.79 bits per heavy atom. The molecule has 0 spiro atoms. The van der Waals surface area contributed by atoms with E-state index in [1.165, 1.54) is 35.8 Å². The Bertz CT molecular complexity index is 820. The molecule has 24 heavy (non-hydrogen) atoms. The Hall–Kier alpha value is -2.45. The average Bonchev–Trinajstić information content (AvgIpc) is 3.05. The molecule has 2 heterocycles. The van der Waals surface area contributed by atoms with E-state index in [4.69, 9.17) is 12.2 Å². The molecule has 1 N–H and O–H groups in total. The number of nitrogens with one attached hydrogen (secondary N) is 1. The van der Waals surface area contributed by atoms with Crippen LogP contribution in [0.4, 0.5) is 10.1 Å². The van der Waals surface area contributed by atoms with Gasteiger partial charge in [0.1, 0.15) is 5.82 Å². The summed E-state index contributed by atoms with van der Waals surface area (Å²) in [4.78, 5) is 30.8. The first-order valence-electron chi connectivity index (χ1n) is 7.03. The molecular formula is C16H12FN3O2S2. The number of hydrogen-bond donors (Lipinski definition) is 1. The maximum absolute atomic E-state index is 14.0. The van der Waals surface area contributed by atoms with Crippen molar-refractivity contribution in [2.24, 2.45) is 10.9 Å². The predicted octanol–water partition coefficient (Wildman–Crippen LogP) is 2.52. The highest BCUT2D eigenvalue weighted by Gasteiger charge is 2.39. The second-order valence-corrected chi connectivity index (χ2v) is 6.39. The summed E-state index contributed by atoms with van der Waals surface area (Å²) < 4.78 is 14.0. The van der Waals surface area contributed by atoms with E-state index in [-0.39, 0.29) is 10.8 Å². The maximum Gasteiger partial charge on any atom is 0.251 e. The van der Waals surface area contributed by atoms with Gasteiger partial charge in [0.25, 0.3) is 5.91 Å². The van der Waals surface area contributed by atoms with Crippen LogP contribution >= 0.6 is 23.6 Å². The lowest BCUT2D eigenvalue weighted by atomic mass is 10.1. The molecular weight excluding hydrogens is 349 g/mol. The van der Waals surface area contributed by atoms with E-state index in [0.29, 0.717) is 6.54 Å². The summed E-state index contributed by atoms with van der Waals surface area (Å²) in [6.07, 6.45) is 1.28. The molecule has 1 aliphatic rings. The molecule has 122 valence electrons. The van der Waals surface area contributed by atoms with Gasteiger partial charge < -0.3 is 5.32 Å². The van der Waals surface area contributed by atoms with Gasteiger partial charge in [-0.25, -0.2) is 4.39 Å². The van der Waals surface area contributed by atoms with Gasteiger partial charge in [-0.2, -0.15) is 0 Å².